The fraction of sp³-hybridized carbons (Fsp3) is 0.429. The van der Waals surface area contributed by atoms with Crippen molar-refractivity contribution < 1.29 is 14.3 Å². The van der Waals surface area contributed by atoms with E-state index < -0.39 is 5.41 Å². The van der Waals surface area contributed by atoms with E-state index in [4.69, 9.17) is 10.5 Å². The van der Waals surface area contributed by atoms with Gasteiger partial charge in [-0.1, -0.05) is 13.8 Å². The standard InChI is InChI=1S/C14H18N2O3/c1-14(2)9-12(17)16(13(14)18)10-3-5-11(6-4-10)19-8-7-15/h3-6H,7-9,15H2,1-2H3. The number of hydrogen-bond donors (Lipinski definition) is 1. The number of carbonyl (C=O) groups is 2. The van der Waals surface area contributed by atoms with Gasteiger partial charge in [0, 0.05) is 13.0 Å². The van der Waals surface area contributed by atoms with Crippen LogP contribution in [0.5, 0.6) is 5.75 Å². The monoisotopic (exact) mass is 262 g/mol. The highest BCUT2D eigenvalue weighted by Crippen LogP contribution is 2.35. The molecule has 1 aromatic rings. The van der Waals surface area contributed by atoms with Crippen molar-refractivity contribution in [3.05, 3.63) is 24.3 Å². The van der Waals surface area contributed by atoms with Crippen molar-refractivity contribution in [1.82, 2.24) is 0 Å². The van der Waals surface area contributed by atoms with Gasteiger partial charge in [0.05, 0.1) is 11.1 Å². The smallest absolute Gasteiger partial charge is 0.239 e. The van der Waals surface area contributed by atoms with E-state index in [0.717, 1.165) is 0 Å². The second-order valence-electron chi connectivity index (χ2n) is 5.23. The first-order valence-corrected chi connectivity index (χ1v) is 6.26. The number of nitrogens with two attached hydrogens (primary N) is 1. The zero-order valence-corrected chi connectivity index (χ0v) is 11.2. The highest BCUT2D eigenvalue weighted by atomic mass is 16.5. The summed E-state index contributed by atoms with van der Waals surface area (Å²) in [5, 5.41) is 0. The number of carbonyl (C=O) groups excluding carboxylic acids is 2. The van der Waals surface area contributed by atoms with Crippen LogP contribution in [-0.4, -0.2) is 25.0 Å². The molecule has 102 valence electrons. The van der Waals surface area contributed by atoms with Crippen LogP contribution in [0.2, 0.25) is 0 Å². The summed E-state index contributed by atoms with van der Waals surface area (Å²) >= 11 is 0. The van der Waals surface area contributed by atoms with Crippen LogP contribution in [-0.2, 0) is 9.59 Å². The zero-order chi connectivity index (χ0) is 14.0. The van der Waals surface area contributed by atoms with Gasteiger partial charge in [0.15, 0.2) is 0 Å². The average Bonchev–Trinajstić information content (AvgIpc) is 2.57. The molecule has 19 heavy (non-hydrogen) atoms. The Morgan fingerprint density at radius 3 is 2.37 bits per heavy atom. The van der Waals surface area contributed by atoms with E-state index in [0.29, 0.717) is 24.6 Å². The van der Waals surface area contributed by atoms with Gasteiger partial charge in [-0.25, -0.2) is 0 Å². The van der Waals surface area contributed by atoms with Gasteiger partial charge in [-0.2, -0.15) is 0 Å². The van der Waals surface area contributed by atoms with Crippen LogP contribution < -0.4 is 15.4 Å². The average molecular weight is 262 g/mol. The molecule has 1 aliphatic rings. The first-order chi connectivity index (χ1) is 8.95. The molecule has 2 N–H and O–H groups in total. The molecule has 1 aliphatic heterocycles. The quantitative estimate of drug-likeness (QED) is 0.830. The third-order valence-electron chi connectivity index (χ3n) is 3.11. The SMILES string of the molecule is CC1(C)CC(=O)N(c2ccc(OCCN)cc2)C1=O. The van der Waals surface area contributed by atoms with Crippen LogP contribution in [0.1, 0.15) is 20.3 Å². The normalized spacial score (nSPS) is 17.9. The summed E-state index contributed by atoms with van der Waals surface area (Å²) in [4.78, 5) is 25.3. The lowest BCUT2D eigenvalue weighted by Gasteiger charge is -2.18. The summed E-state index contributed by atoms with van der Waals surface area (Å²) in [6, 6.07) is 6.89. The van der Waals surface area contributed by atoms with E-state index in [9.17, 15) is 9.59 Å². The predicted octanol–water partition coefficient (Wildman–Crippen LogP) is 1.31. The Hall–Kier alpha value is -1.88. The lowest BCUT2D eigenvalue weighted by Crippen LogP contribution is -2.32. The predicted molar refractivity (Wildman–Crippen MR) is 71.9 cm³/mol. The molecule has 0 saturated carbocycles. The minimum atomic E-state index is -0.619. The van der Waals surface area contributed by atoms with Gasteiger partial charge in [-0.15, -0.1) is 0 Å². The number of amides is 2. The third-order valence-corrected chi connectivity index (χ3v) is 3.11. The molecule has 0 radical (unpaired) electrons. The molecule has 0 atom stereocenters. The molecular weight excluding hydrogens is 244 g/mol. The molecule has 5 nitrogen and oxygen atoms in total. The van der Waals surface area contributed by atoms with Crippen LogP contribution in [0.15, 0.2) is 24.3 Å². The van der Waals surface area contributed by atoms with E-state index >= 15 is 0 Å². The molecular formula is C14H18N2O3. The Bertz CT molecular complexity index is 494. The van der Waals surface area contributed by atoms with E-state index in [2.05, 4.69) is 0 Å². The Kier molecular flexibility index (Phi) is 3.57. The van der Waals surface area contributed by atoms with Crippen molar-refractivity contribution >= 4 is 17.5 Å². The first kappa shape index (κ1) is 13.5. The number of ether oxygens (including phenoxy) is 1. The number of benzene rings is 1. The molecule has 1 fully saturated rings. The van der Waals surface area contributed by atoms with Crippen molar-refractivity contribution in [2.24, 2.45) is 11.1 Å². The fourth-order valence-electron chi connectivity index (χ4n) is 2.08. The minimum Gasteiger partial charge on any atom is -0.492 e. The third kappa shape index (κ3) is 2.61. The maximum Gasteiger partial charge on any atom is 0.239 e. The molecule has 1 heterocycles. The van der Waals surface area contributed by atoms with Gasteiger partial charge >= 0.3 is 0 Å². The lowest BCUT2D eigenvalue weighted by atomic mass is 9.92. The molecule has 0 spiro atoms. The number of anilines is 1. The topological polar surface area (TPSA) is 72.6 Å². The number of nitrogens with zero attached hydrogens (tertiary/aromatic N) is 1. The van der Waals surface area contributed by atoms with E-state index in [1.54, 1.807) is 38.1 Å². The summed E-state index contributed by atoms with van der Waals surface area (Å²) in [5.74, 6) is 0.353. The van der Waals surface area contributed by atoms with Gasteiger partial charge in [0.25, 0.3) is 0 Å². The second-order valence-corrected chi connectivity index (χ2v) is 5.23. The second kappa shape index (κ2) is 5.01. The first-order valence-electron chi connectivity index (χ1n) is 6.26. The van der Waals surface area contributed by atoms with Crippen LogP contribution in [0, 0.1) is 5.41 Å². The highest BCUT2D eigenvalue weighted by molar-refractivity contribution is 6.22. The molecule has 2 rings (SSSR count). The Morgan fingerprint density at radius 2 is 1.89 bits per heavy atom. The summed E-state index contributed by atoms with van der Waals surface area (Å²) in [6.45, 7) is 4.45. The van der Waals surface area contributed by atoms with Crippen LogP contribution in [0.25, 0.3) is 0 Å². The van der Waals surface area contributed by atoms with Gasteiger partial charge in [-0.05, 0) is 24.3 Å². The van der Waals surface area contributed by atoms with E-state index in [1.807, 2.05) is 0 Å². The minimum absolute atomic E-state index is 0.159. The molecule has 0 bridgehead atoms. The molecule has 1 saturated heterocycles. The van der Waals surface area contributed by atoms with Gasteiger partial charge in [0.1, 0.15) is 12.4 Å². The van der Waals surface area contributed by atoms with Crippen molar-refractivity contribution in [3.63, 3.8) is 0 Å². The maximum atomic E-state index is 12.2. The van der Waals surface area contributed by atoms with Crippen molar-refractivity contribution in [1.29, 1.82) is 0 Å². The number of hydrogen-bond acceptors (Lipinski definition) is 4. The van der Waals surface area contributed by atoms with Crippen molar-refractivity contribution in [3.8, 4) is 5.75 Å². The van der Waals surface area contributed by atoms with E-state index in [1.165, 1.54) is 4.90 Å². The van der Waals surface area contributed by atoms with Crippen LogP contribution >= 0.6 is 0 Å². The lowest BCUT2D eigenvalue weighted by molar-refractivity contribution is -0.124. The highest BCUT2D eigenvalue weighted by Gasteiger charge is 2.45. The molecule has 0 unspecified atom stereocenters. The summed E-state index contributed by atoms with van der Waals surface area (Å²) in [7, 11) is 0. The fourth-order valence-corrected chi connectivity index (χ4v) is 2.08. The maximum absolute atomic E-state index is 12.2. The van der Waals surface area contributed by atoms with Crippen LogP contribution in [0.3, 0.4) is 0 Å². The number of imide groups is 1. The summed E-state index contributed by atoms with van der Waals surface area (Å²) in [6.07, 6.45) is 0.247. The summed E-state index contributed by atoms with van der Waals surface area (Å²) < 4.78 is 5.35. The van der Waals surface area contributed by atoms with E-state index in [-0.39, 0.29) is 18.2 Å². The molecule has 0 aliphatic carbocycles. The number of rotatable bonds is 4. The molecule has 2 amide bonds. The zero-order valence-electron chi connectivity index (χ0n) is 11.2. The Labute approximate surface area is 112 Å². The molecule has 1 aromatic carbocycles. The van der Waals surface area contributed by atoms with Gasteiger partial charge in [-0.3, -0.25) is 14.5 Å². The molecule has 5 heteroatoms. The van der Waals surface area contributed by atoms with Crippen molar-refractivity contribution in [2.45, 2.75) is 20.3 Å². The van der Waals surface area contributed by atoms with Gasteiger partial charge < -0.3 is 10.5 Å². The van der Waals surface area contributed by atoms with Crippen molar-refractivity contribution in [2.75, 3.05) is 18.1 Å². The Morgan fingerprint density at radius 1 is 1.26 bits per heavy atom. The molecule has 0 aromatic heterocycles. The van der Waals surface area contributed by atoms with Crippen LogP contribution in [0.4, 0.5) is 5.69 Å². The largest absolute Gasteiger partial charge is 0.492 e. The van der Waals surface area contributed by atoms with Gasteiger partial charge in [0.2, 0.25) is 11.8 Å². The Balaban J connectivity index is 2.19. The summed E-state index contributed by atoms with van der Waals surface area (Å²) in [5.41, 5.74) is 5.31.